The highest BCUT2D eigenvalue weighted by molar-refractivity contribution is 7.89. The summed E-state index contributed by atoms with van der Waals surface area (Å²) in [6.45, 7) is 1.03. The molecule has 0 aliphatic rings. The highest BCUT2D eigenvalue weighted by atomic mass is 32.2. The van der Waals surface area contributed by atoms with Crippen molar-refractivity contribution in [3.8, 4) is 0 Å². The van der Waals surface area contributed by atoms with E-state index in [0.29, 0.717) is 12.1 Å². The van der Waals surface area contributed by atoms with Crippen molar-refractivity contribution >= 4 is 16.0 Å². The van der Waals surface area contributed by atoms with Gasteiger partial charge in [0.2, 0.25) is 10.0 Å². The van der Waals surface area contributed by atoms with E-state index in [4.69, 9.17) is 0 Å². The van der Waals surface area contributed by atoms with Crippen LogP contribution in [-0.4, -0.2) is 38.6 Å². The molecule has 0 spiro atoms. The standard InChI is InChI=1S/C13H16F3NO4S/c1-8(13(18)21-3)7-22(19,20)17(2)6-9-4-10(14)12(16)11(15)5-9/h4-5,8H,6-7H2,1-3H3/t8-/m1/s1. The highest BCUT2D eigenvalue weighted by Gasteiger charge is 2.26. The van der Waals surface area contributed by atoms with E-state index < -0.39 is 45.1 Å². The van der Waals surface area contributed by atoms with Gasteiger partial charge in [0, 0.05) is 13.6 Å². The Morgan fingerprint density at radius 3 is 2.23 bits per heavy atom. The Morgan fingerprint density at radius 1 is 1.27 bits per heavy atom. The van der Waals surface area contributed by atoms with Gasteiger partial charge in [-0.05, 0) is 17.7 Å². The zero-order valence-corrected chi connectivity index (χ0v) is 13.1. The van der Waals surface area contributed by atoms with E-state index >= 15 is 0 Å². The molecule has 0 fully saturated rings. The highest BCUT2D eigenvalue weighted by Crippen LogP contribution is 2.17. The maximum Gasteiger partial charge on any atom is 0.309 e. The van der Waals surface area contributed by atoms with Crippen LogP contribution in [-0.2, 0) is 26.1 Å². The minimum absolute atomic E-state index is 0.0480. The van der Waals surface area contributed by atoms with Crippen LogP contribution in [0.2, 0.25) is 0 Å². The predicted octanol–water partition coefficient (Wildman–Crippen LogP) is 1.67. The molecule has 124 valence electrons. The van der Waals surface area contributed by atoms with Gasteiger partial charge in [-0.2, -0.15) is 0 Å². The molecule has 22 heavy (non-hydrogen) atoms. The van der Waals surface area contributed by atoms with Gasteiger partial charge in [0.25, 0.3) is 0 Å². The number of hydrogen-bond donors (Lipinski definition) is 0. The number of esters is 1. The first-order valence-electron chi connectivity index (χ1n) is 6.23. The quantitative estimate of drug-likeness (QED) is 0.584. The summed E-state index contributed by atoms with van der Waals surface area (Å²) in [5.74, 6) is -6.50. The number of hydrogen-bond acceptors (Lipinski definition) is 4. The Bertz CT molecular complexity index is 640. The topological polar surface area (TPSA) is 63.7 Å². The van der Waals surface area contributed by atoms with Gasteiger partial charge in [0.05, 0.1) is 18.8 Å². The van der Waals surface area contributed by atoms with Crippen molar-refractivity contribution < 1.29 is 31.1 Å². The van der Waals surface area contributed by atoms with Crippen LogP contribution in [0, 0.1) is 23.4 Å². The number of rotatable bonds is 6. The van der Waals surface area contributed by atoms with E-state index in [0.717, 1.165) is 11.4 Å². The molecule has 0 unspecified atom stereocenters. The first-order valence-corrected chi connectivity index (χ1v) is 7.84. The van der Waals surface area contributed by atoms with Crippen molar-refractivity contribution in [3.05, 3.63) is 35.1 Å². The molecule has 0 amide bonds. The molecule has 0 radical (unpaired) electrons. The van der Waals surface area contributed by atoms with Crippen LogP contribution in [0.15, 0.2) is 12.1 Å². The summed E-state index contributed by atoms with van der Waals surface area (Å²) < 4.78 is 68.4. The first-order chi connectivity index (χ1) is 10.1. The molecule has 0 aromatic heterocycles. The van der Waals surface area contributed by atoms with Crippen LogP contribution in [0.1, 0.15) is 12.5 Å². The molecule has 0 saturated heterocycles. The van der Waals surface area contributed by atoms with Gasteiger partial charge in [-0.1, -0.05) is 6.92 Å². The zero-order chi connectivity index (χ0) is 17.1. The number of carbonyl (C=O) groups is 1. The van der Waals surface area contributed by atoms with Gasteiger partial charge in [-0.15, -0.1) is 0 Å². The van der Waals surface area contributed by atoms with Crippen LogP contribution in [0.4, 0.5) is 13.2 Å². The van der Waals surface area contributed by atoms with Crippen molar-refractivity contribution in [1.29, 1.82) is 0 Å². The third-order valence-electron chi connectivity index (χ3n) is 2.99. The van der Waals surface area contributed by atoms with E-state index in [1.165, 1.54) is 14.0 Å². The fourth-order valence-corrected chi connectivity index (χ4v) is 3.14. The van der Waals surface area contributed by atoms with E-state index in [1.807, 2.05) is 0 Å². The van der Waals surface area contributed by atoms with Gasteiger partial charge in [-0.25, -0.2) is 25.9 Å². The van der Waals surface area contributed by atoms with Gasteiger partial charge in [0.15, 0.2) is 17.5 Å². The molecule has 0 bridgehead atoms. The summed E-state index contributed by atoms with van der Waals surface area (Å²) >= 11 is 0. The van der Waals surface area contributed by atoms with Crippen LogP contribution in [0.3, 0.4) is 0 Å². The number of carbonyl (C=O) groups excluding carboxylic acids is 1. The fraction of sp³-hybridized carbons (Fsp3) is 0.462. The summed E-state index contributed by atoms with van der Waals surface area (Å²) in [4.78, 5) is 11.3. The van der Waals surface area contributed by atoms with Gasteiger partial charge >= 0.3 is 5.97 Å². The minimum Gasteiger partial charge on any atom is -0.469 e. The summed E-state index contributed by atoms with van der Waals surface area (Å²) in [6, 6.07) is 1.43. The van der Waals surface area contributed by atoms with E-state index in [9.17, 15) is 26.4 Å². The molecule has 0 saturated carbocycles. The lowest BCUT2D eigenvalue weighted by Gasteiger charge is -2.19. The molecule has 0 N–H and O–H groups in total. The molecular formula is C13H16F3NO4S. The van der Waals surface area contributed by atoms with Crippen molar-refractivity contribution in [1.82, 2.24) is 4.31 Å². The molecule has 5 nitrogen and oxygen atoms in total. The molecule has 0 aliphatic heterocycles. The Labute approximate surface area is 126 Å². The smallest absolute Gasteiger partial charge is 0.309 e. The monoisotopic (exact) mass is 339 g/mol. The SMILES string of the molecule is COC(=O)[C@H](C)CS(=O)(=O)N(C)Cc1cc(F)c(F)c(F)c1. The second-order valence-electron chi connectivity index (χ2n) is 4.83. The zero-order valence-electron chi connectivity index (χ0n) is 12.3. The lowest BCUT2D eigenvalue weighted by Crippen LogP contribution is -2.33. The average molecular weight is 339 g/mol. The number of ether oxygens (including phenoxy) is 1. The van der Waals surface area contributed by atoms with Gasteiger partial charge in [-0.3, -0.25) is 4.79 Å². The Balaban J connectivity index is 2.87. The predicted molar refractivity (Wildman–Crippen MR) is 72.7 cm³/mol. The first kappa shape index (κ1) is 18.4. The fourth-order valence-electron chi connectivity index (χ4n) is 1.77. The summed E-state index contributed by atoms with van der Waals surface area (Å²) in [5.41, 5.74) is -0.0480. The van der Waals surface area contributed by atoms with Crippen molar-refractivity contribution in [2.75, 3.05) is 19.9 Å². The molecule has 1 rings (SSSR count). The van der Waals surface area contributed by atoms with Crippen molar-refractivity contribution in [3.63, 3.8) is 0 Å². The lowest BCUT2D eigenvalue weighted by atomic mass is 10.2. The second-order valence-corrected chi connectivity index (χ2v) is 6.95. The number of nitrogens with zero attached hydrogens (tertiary/aromatic N) is 1. The third kappa shape index (κ3) is 4.44. The number of sulfonamides is 1. The van der Waals surface area contributed by atoms with Crippen molar-refractivity contribution in [2.24, 2.45) is 5.92 Å². The molecule has 0 aliphatic carbocycles. The lowest BCUT2D eigenvalue weighted by molar-refractivity contribution is -0.144. The van der Waals surface area contributed by atoms with Crippen molar-refractivity contribution in [2.45, 2.75) is 13.5 Å². The maximum absolute atomic E-state index is 13.1. The number of methoxy groups -OCH3 is 1. The van der Waals surface area contributed by atoms with E-state index in [1.54, 1.807) is 0 Å². The normalized spacial score (nSPS) is 13.2. The van der Waals surface area contributed by atoms with Crippen LogP contribution >= 0.6 is 0 Å². The maximum atomic E-state index is 13.1. The third-order valence-corrected chi connectivity index (χ3v) is 4.99. The van der Waals surface area contributed by atoms with Crippen LogP contribution < -0.4 is 0 Å². The summed E-state index contributed by atoms with van der Waals surface area (Å²) in [6.07, 6.45) is 0. The Morgan fingerprint density at radius 2 is 1.77 bits per heavy atom. The molecule has 1 aromatic rings. The number of halogens is 3. The van der Waals surface area contributed by atoms with Gasteiger partial charge in [0.1, 0.15) is 0 Å². The van der Waals surface area contributed by atoms with E-state index in [2.05, 4.69) is 4.74 Å². The molecule has 0 heterocycles. The largest absolute Gasteiger partial charge is 0.469 e. The molecule has 1 aromatic carbocycles. The summed E-state index contributed by atoms with van der Waals surface area (Å²) in [5, 5.41) is 0. The Hall–Kier alpha value is -1.61. The molecule has 9 heteroatoms. The van der Waals surface area contributed by atoms with Crippen LogP contribution in [0.5, 0.6) is 0 Å². The van der Waals surface area contributed by atoms with Gasteiger partial charge < -0.3 is 4.74 Å². The molecule has 1 atom stereocenters. The molecular weight excluding hydrogens is 323 g/mol. The summed E-state index contributed by atoms with van der Waals surface area (Å²) in [7, 11) is -1.52. The van der Waals surface area contributed by atoms with E-state index in [-0.39, 0.29) is 12.1 Å². The minimum atomic E-state index is -3.85. The Kier molecular flexibility index (Phi) is 5.95. The van der Waals surface area contributed by atoms with Crippen LogP contribution in [0.25, 0.3) is 0 Å². The average Bonchev–Trinajstić information content (AvgIpc) is 2.43. The second kappa shape index (κ2) is 7.10. The number of benzene rings is 1.